The lowest BCUT2D eigenvalue weighted by molar-refractivity contribution is -0.130. The quantitative estimate of drug-likeness (QED) is 0.765. The van der Waals surface area contributed by atoms with Crippen molar-refractivity contribution < 1.29 is 23.5 Å². The third-order valence-corrected chi connectivity index (χ3v) is 4.03. The molecule has 2 aromatic rings. The van der Waals surface area contributed by atoms with Crippen LogP contribution in [0.4, 0.5) is 4.79 Å². The third kappa shape index (κ3) is 4.33. The van der Waals surface area contributed by atoms with Crippen LogP contribution < -0.4 is 11.1 Å². The highest BCUT2D eigenvalue weighted by Crippen LogP contribution is 2.20. The zero-order valence-electron chi connectivity index (χ0n) is 15.2. The first-order valence-corrected chi connectivity index (χ1v) is 8.21. The highest BCUT2D eigenvalue weighted by atomic mass is 16.5. The molecule has 0 saturated heterocycles. The van der Waals surface area contributed by atoms with Crippen LogP contribution in [0.3, 0.4) is 0 Å². The number of imide groups is 1. The number of urea groups is 1. The summed E-state index contributed by atoms with van der Waals surface area (Å²) in [5, 5.41) is 1.95. The van der Waals surface area contributed by atoms with Crippen LogP contribution in [0.25, 0.3) is 0 Å². The fraction of sp³-hybridized carbons (Fsp3) is 0.389. The minimum Gasteiger partial charge on any atom is -0.467 e. The molecule has 3 amide bonds. The fourth-order valence-electron chi connectivity index (χ4n) is 2.67. The molecule has 0 aromatic carbocycles. The Hall–Kier alpha value is -3.03. The minimum atomic E-state index is -1.12. The second kappa shape index (κ2) is 7.90. The minimum absolute atomic E-state index is 0.329. The predicted octanol–water partition coefficient (Wildman–Crippen LogP) is 2.12. The van der Waals surface area contributed by atoms with Crippen molar-refractivity contribution in [2.75, 3.05) is 0 Å². The maximum absolute atomic E-state index is 12.6. The number of carbonyl (C=O) groups is 3. The van der Waals surface area contributed by atoms with Crippen molar-refractivity contribution in [3.63, 3.8) is 0 Å². The lowest BCUT2D eigenvalue weighted by atomic mass is 10.1. The van der Waals surface area contributed by atoms with Gasteiger partial charge >= 0.3 is 12.0 Å². The van der Waals surface area contributed by atoms with Crippen LogP contribution in [0, 0.1) is 19.8 Å². The summed E-state index contributed by atoms with van der Waals surface area (Å²) >= 11 is 0. The molecule has 0 spiro atoms. The lowest BCUT2D eigenvalue weighted by Crippen LogP contribution is -2.45. The first-order valence-electron chi connectivity index (χ1n) is 8.21. The number of carbonyl (C=O) groups excluding carboxylic acids is 3. The Labute approximate surface area is 151 Å². The standard InChI is InChI=1S/C18H23N3O5/c1-10(2)15(16(22)20-18(19)24)26-17(23)14-8-11(3)21(12(14)4)9-13-6-5-7-25-13/h5-8,10,15H,9H2,1-4H3,(H3,19,20,22,24)/t15-/m1/s1. The Morgan fingerprint density at radius 2 is 2.00 bits per heavy atom. The van der Waals surface area contributed by atoms with Crippen LogP contribution in [0.2, 0.25) is 0 Å². The van der Waals surface area contributed by atoms with E-state index >= 15 is 0 Å². The van der Waals surface area contributed by atoms with E-state index in [-0.39, 0.29) is 5.92 Å². The van der Waals surface area contributed by atoms with Crippen LogP contribution >= 0.6 is 0 Å². The van der Waals surface area contributed by atoms with Gasteiger partial charge in [0.25, 0.3) is 5.91 Å². The van der Waals surface area contributed by atoms with Crippen molar-refractivity contribution in [3.05, 3.63) is 47.2 Å². The third-order valence-electron chi connectivity index (χ3n) is 4.03. The van der Waals surface area contributed by atoms with E-state index in [1.54, 1.807) is 39.2 Å². The Morgan fingerprint density at radius 3 is 2.54 bits per heavy atom. The number of hydrogen-bond acceptors (Lipinski definition) is 5. The molecular formula is C18H23N3O5. The molecule has 0 saturated carbocycles. The molecule has 2 heterocycles. The van der Waals surface area contributed by atoms with Gasteiger partial charge in [0.1, 0.15) is 5.76 Å². The molecule has 8 nitrogen and oxygen atoms in total. The summed E-state index contributed by atoms with van der Waals surface area (Å²) in [5.74, 6) is -0.954. The summed E-state index contributed by atoms with van der Waals surface area (Å²) in [5.41, 5.74) is 6.87. The van der Waals surface area contributed by atoms with Gasteiger partial charge in [0.05, 0.1) is 18.4 Å². The molecule has 1 atom stereocenters. The number of rotatable bonds is 6. The van der Waals surface area contributed by atoms with Crippen LogP contribution in [0.1, 0.15) is 41.4 Å². The van der Waals surface area contributed by atoms with E-state index in [9.17, 15) is 14.4 Å². The molecule has 26 heavy (non-hydrogen) atoms. The van der Waals surface area contributed by atoms with Gasteiger partial charge in [-0.05, 0) is 38.0 Å². The molecule has 0 fully saturated rings. The summed E-state index contributed by atoms with van der Waals surface area (Å²) in [7, 11) is 0. The summed E-state index contributed by atoms with van der Waals surface area (Å²) in [6.45, 7) is 7.55. The van der Waals surface area contributed by atoms with Crippen molar-refractivity contribution in [3.8, 4) is 0 Å². The molecular weight excluding hydrogens is 338 g/mol. The second-order valence-corrected chi connectivity index (χ2v) is 6.37. The Kier molecular flexibility index (Phi) is 5.86. The lowest BCUT2D eigenvalue weighted by Gasteiger charge is -2.19. The number of amides is 3. The molecule has 0 aliphatic heterocycles. The monoisotopic (exact) mass is 361 g/mol. The number of esters is 1. The molecule has 0 aliphatic rings. The van der Waals surface area contributed by atoms with Gasteiger partial charge in [-0.15, -0.1) is 0 Å². The van der Waals surface area contributed by atoms with E-state index in [0.29, 0.717) is 17.8 Å². The van der Waals surface area contributed by atoms with Crippen molar-refractivity contribution in [1.82, 2.24) is 9.88 Å². The Morgan fingerprint density at radius 1 is 1.31 bits per heavy atom. The van der Waals surface area contributed by atoms with Gasteiger partial charge in [0.2, 0.25) is 0 Å². The molecule has 140 valence electrons. The summed E-state index contributed by atoms with van der Waals surface area (Å²) in [4.78, 5) is 35.5. The number of ether oxygens (including phenoxy) is 1. The molecule has 0 bridgehead atoms. The van der Waals surface area contributed by atoms with E-state index < -0.39 is 24.0 Å². The molecule has 2 aromatic heterocycles. The number of primary amides is 1. The summed E-state index contributed by atoms with van der Waals surface area (Å²) in [6.07, 6.45) is 0.464. The number of aryl methyl sites for hydroxylation is 1. The van der Waals surface area contributed by atoms with Gasteiger partial charge in [0, 0.05) is 11.4 Å². The van der Waals surface area contributed by atoms with Crippen LogP contribution in [-0.4, -0.2) is 28.6 Å². The highest BCUT2D eigenvalue weighted by molar-refractivity contribution is 5.98. The molecule has 0 unspecified atom stereocenters. The zero-order valence-corrected chi connectivity index (χ0v) is 15.2. The summed E-state index contributed by atoms with van der Waals surface area (Å²) in [6, 6.07) is 4.35. The second-order valence-electron chi connectivity index (χ2n) is 6.37. The Balaban J connectivity index is 2.20. The van der Waals surface area contributed by atoms with Crippen LogP contribution in [0.5, 0.6) is 0 Å². The topological polar surface area (TPSA) is 117 Å². The van der Waals surface area contributed by atoms with Gasteiger partial charge in [-0.3, -0.25) is 10.1 Å². The fourth-order valence-corrected chi connectivity index (χ4v) is 2.67. The van der Waals surface area contributed by atoms with E-state index in [2.05, 4.69) is 0 Å². The van der Waals surface area contributed by atoms with Gasteiger partial charge in [-0.1, -0.05) is 13.8 Å². The maximum atomic E-state index is 12.6. The predicted molar refractivity (Wildman–Crippen MR) is 93.5 cm³/mol. The van der Waals surface area contributed by atoms with E-state index in [1.165, 1.54) is 0 Å². The van der Waals surface area contributed by atoms with E-state index in [1.807, 2.05) is 22.9 Å². The molecule has 0 aliphatic carbocycles. The molecule has 0 radical (unpaired) electrons. The smallest absolute Gasteiger partial charge is 0.340 e. The number of nitrogens with one attached hydrogen (secondary N) is 1. The van der Waals surface area contributed by atoms with Gasteiger partial charge in [-0.25, -0.2) is 9.59 Å². The average molecular weight is 361 g/mol. The van der Waals surface area contributed by atoms with Crippen molar-refractivity contribution in [2.45, 2.75) is 40.3 Å². The largest absolute Gasteiger partial charge is 0.467 e. The van der Waals surface area contributed by atoms with Gasteiger partial charge in [0.15, 0.2) is 6.10 Å². The zero-order chi connectivity index (χ0) is 19.4. The molecule has 2 rings (SSSR count). The van der Waals surface area contributed by atoms with E-state index in [0.717, 1.165) is 11.5 Å². The van der Waals surface area contributed by atoms with Gasteiger partial charge in [-0.2, -0.15) is 0 Å². The van der Waals surface area contributed by atoms with Crippen LogP contribution in [0.15, 0.2) is 28.9 Å². The molecule has 8 heteroatoms. The summed E-state index contributed by atoms with van der Waals surface area (Å²) < 4.78 is 12.6. The van der Waals surface area contributed by atoms with Crippen molar-refractivity contribution in [2.24, 2.45) is 11.7 Å². The highest BCUT2D eigenvalue weighted by Gasteiger charge is 2.29. The Bertz CT molecular complexity index is 805. The van der Waals surface area contributed by atoms with E-state index in [4.69, 9.17) is 14.9 Å². The maximum Gasteiger partial charge on any atom is 0.340 e. The number of nitrogens with zero attached hydrogens (tertiary/aromatic N) is 1. The molecule has 3 N–H and O–H groups in total. The normalized spacial score (nSPS) is 12.0. The SMILES string of the molecule is Cc1cc(C(=O)O[C@@H](C(=O)NC(N)=O)C(C)C)c(C)n1Cc1ccco1. The first-order chi connectivity index (χ1) is 12.2. The number of hydrogen-bond donors (Lipinski definition) is 2. The van der Waals surface area contributed by atoms with Crippen LogP contribution in [-0.2, 0) is 16.1 Å². The number of nitrogens with two attached hydrogens (primary N) is 1. The van der Waals surface area contributed by atoms with Crippen molar-refractivity contribution in [1.29, 1.82) is 0 Å². The average Bonchev–Trinajstić information content (AvgIpc) is 3.15. The van der Waals surface area contributed by atoms with Crippen molar-refractivity contribution >= 4 is 17.9 Å². The van der Waals surface area contributed by atoms with Gasteiger partial charge < -0.3 is 19.5 Å². The number of aromatic nitrogens is 1. The number of furan rings is 1. The first kappa shape index (κ1) is 19.3.